The van der Waals surface area contributed by atoms with Crippen molar-refractivity contribution in [3.8, 4) is 45.3 Å². The second-order valence-corrected chi connectivity index (χ2v) is 9.43. The molecule has 0 amide bonds. The highest BCUT2D eigenvalue weighted by atomic mass is 16.5. The average molecular weight is 437 g/mol. The molecular formula is C32H20O2. The van der Waals surface area contributed by atoms with Gasteiger partial charge in [0.05, 0.1) is 0 Å². The molecule has 0 saturated carbocycles. The Bertz CT molecular complexity index is 1880. The number of fused-ring (bicyclic) bond motifs is 9. The molecule has 2 aliphatic rings. The van der Waals surface area contributed by atoms with Gasteiger partial charge in [0.15, 0.2) is 0 Å². The molecule has 2 heteroatoms. The Labute approximate surface area is 197 Å². The van der Waals surface area contributed by atoms with E-state index in [4.69, 9.17) is 9.47 Å². The minimum atomic E-state index is 0.890. The fourth-order valence-electron chi connectivity index (χ4n) is 6.07. The highest BCUT2D eigenvalue weighted by molar-refractivity contribution is 6.27. The number of hydrogen-bond donors (Lipinski definition) is 0. The molecule has 0 N–H and O–H groups in total. The van der Waals surface area contributed by atoms with Crippen LogP contribution in [-0.2, 0) is 0 Å². The van der Waals surface area contributed by atoms with Crippen molar-refractivity contribution in [3.05, 3.63) is 96.1 Å². The van der Waals surface area contributed by atoms with E-state index in [2.05, 4.69) is 98.8 Å². The van der Waals surface area contributed by atoms with Crippen molar-refractivity contribution >= 4 is 32.3 Å². The zero-order chi connectivity index (χ0) is 22.6. The monoisotopic (exact) mass is 436 g/mol. The largest absolute Gasteiger partial charge is 0.456 e. The topological polar surface area (TPSA) is 18.5 Å². The smallest absolute Gasteiger partial charge is 0.143 e. The summed E-state index contributed by atoms with van der Waals surface area (Å²) in [4.78, 5) is 0. The Hall–Kier alpha value is -4.30. The summed E-state index contributed by atoms with van der Waals surface area (Å²) in [5.74, 6) is 3.65. The van der Waals surface area contributed by atoms with Gasteiger partial charge in [0.25, 0.3) is 0 Å². The molecule has 2 aliphatic heterocycles. The molecule has 160 valence electrons. The molecule has 34 heavy (non-hydrogen) atoms. The maximum absolute atomic E-state index is 6.67. The van der Waals surface area contributed by atoms with Crippen LogP contribution < -0.4 is 9.47 Å². The summed E-state index contributed by atoms with van der Waals surface area (Å²) in [5, 5.41) is 7.10. The van der Waals surface area contributed by atoms with Crippen LogP contribution in [0.3, 0.4) is 0 Å². The quantitative estimate of drug-likeness (QED) is 0.220. The molecule has 6 aromatic carbocycles. The van der Waals surface area contributed by atoms with Crippen molar-refractivity contribution in [2.24, 2.45) is 0 Å². The van der Waals surface area contributed by atoms with Crippen LogP contribution in [0, 0.1) is 13.8 Å². The third-order valence-electron chi connectivity index (χ3n) is 7.37. The summed E-state index contributed by atoms with van der Waals surface area (Å²) < 4.78 is 13.2. The van der Waals surface area contributed by atoms with Crippen molar-refractivity contribution < 1.29 is 9.47 Å². The van der Waals surface area contributed by atoms with Gasteiger partial charge in [-0.2, -0.15) is 0 Å². The number of aryl methyl sites for hydroxylation is 2. The van der Waals surface area contributed by atoms with Crippen molar-refractivity contribution in [1.82, 2.24) is 0 Å². The molecule has 0 aliphatic carbocycles. The molecule has 8 rings (SSSR count). The summed E-state index contributed by atoms with van der Waals surface area (Å²) in [7, 11) is 0. The number of rotatable bonds is 0. The zero-order valence-electron chi connectivity index (χ0n) is 18.9. The molecule has 0 aromatic heterocycles. The maximum atomic E-state index is 6.67. The lowest BCUT2D eigenvalue weighted by Gasteiger charge is -2.30. The Morgan fingerprint density at radius 1 is 0.529 bits per heavy atom. The van der Waals surface area contributed by atoms with Gasteiger partial charge in [-0.25, -0.2) is 0 Å². The van der Waals surface area contributed by atoms with Crippen molar-refractivity contribution in [1.29, 1.82) is 0 Å². The molecule has 0 bridgehead atoms. The SMILES string of the molecule is Cc1cc(C)c2c(c1)Oc1ccc3c4c(c5ccccc5c-2c14)-c1ccc2ccccc2c1O3. The molecule has 0 unspecified atom stereocenters. The molecule has 0 saturated heterocycles. The van der Waals surface area contributed by atoms with Crippen LogP contribution in [0.4, 0.5) is 0 Å². The molecule has 0 radical (unpaired) electrons. The van der Waals surface area contributed by atoms with Gasteiger partial charge in [-0.1, -0.05) is 60.7 Å². The van der Waals surface area contributed by atoms with Crippen molar-refractivity contribution in [3.63, 3.8) is 0 Å². The first kappa shape index (κ1) is 18.2. The third kappa shape index (κ3) is 2.16. The van der Waals surface area contributed by atoms with Gasteiger partial charge in [-0.3, -0.25) is 0 Å². The summed E-state index contributed by atoms with van der Waals surface area (Å²) in [6.07, 6.45) is 0. The van der Waals surface area contributed by atoms with E-state index in [9.17, 15) is 0 Å². The minimum Gasteiger partial charge on any atom is -0.456 e. The van der Waals surface area contributed by atoms with Crippen LogP contribution in [0.15, 0.2) is 84.9 Å². The lowest BCUT2D eigenvalue weighted by molar-refractivity contribution is 0.477. The molecular weight excluding hydrogens is 416 g/mol. The number of ether oxygens (including phenoxy) is 2. The molecule has 0 spiro atoms. The molecule has 2 heterocycles. The predicted molar refractivity (Wildman–Crippen MR) is 139 cm³/mol. The maximum Gasteiger partial charge on any atom is 0.143 e. The molecule has 0 fully saturated rings. The first-order valence-electron chi connectivity index (χ1n) is 11.7. The van der Waals surface area contributed by atoms with E-state index < -0.39 is 0 Å². The highest BCUT2D eigenvalue weighted by Gasteiger charge is 2.32. The molecule has 2 nitrogen and oxygen atoms in total. The van der Waals surface area contributed by atoms with E-state index in [1.807, 2.05) is 0 Å². The van der Waals surface area contributed by atoms with Crippen LogP contribution in [0.2, 0.25) is 0 Å². The number of benzene rings is 6. The van der Waals surface area contributed by atoms with Gasteiger partial charge < -0.3 is 9.47 Å². The third-order valence-corrected chi connectivity index (χ3v) is 7.37. The minimum absolute atomic E-state index is 0.890. The second kappa shape index (κ2) is 6.18. The van der Waals surface area contributed by atoms with Gasteiger partial charge in [0, 0.05) is 38.4 Å². The van der Waals surface area contributed by atoms with Gasteiger partial charge in [0.1, 0.15) is 23.0 Å². The summed E-state index contributed by atoms with van der Waals surface area (Å²) in [6, 6.07) is 30.2. The first-order chi connectivity index (χ1) is 16.7. The van der Waals surface area contributed by atoms with E-state index in [0.29, 0.717) is 0 Å². The van der Waals surface area contributed by atoms with Crippen LogP contribution >= 0.6 is 0 Å². The van der Waals surface area contributed by atoms with E-state index in [-0.39, 0.29) is 0 Å². The lowest BCUT2D eigenvalue weighted by atomic mass is 9.81. The Balaban J connectivity index is 1.63. The summed E-state index contributed by atoms with van der Waals surface area (Å²) in [6.45, 7) is 4.31. The summed E-state index contributed by atoms with van der Waals surface area (Å²) >= 11 is 0. The Kier molecular flexibility index (Phi) is 3.30. The Morgan fingerprint density at radius 2 is 1.21 bits per heavy atom. The van der Waals surface area contributed by atoms with Gasteiger partial charge in [-0.05, 0) is 65.4 Å². The normalized spacial score (nSPS) is 12.9. The van der Waals surface area contributed by atoms with Crippen molar-refractivity contribution in [2.75, 3.05) is 0 Å². The fourth-order valence-corrected chi connectivity index (χ4v) is 6.07. The first-order valence-corrected chi connectivity index (χ1v) is 11.7. The zero-order valence-corrected chi connectivity index (χ0v) is 18.9. The number of hydrogen-bond acceptors (Lipinski definition) is 2. The predicted octanol–water partition coefficient (Wildman–Crippen LogP) is 9.31. The standard InChI is InChI=1S/C32H20O2/c1-17-15-18(2)27-26(16-17)33-24-13-14-25-30-28(21-9-5-6-10-22(21)29(27)31(24)30)23-12-11-19-7-3-4-8-20(19)32(23)34-25/h3-16H,1-2H3. The van der Waals surface area contributed by atoms with Gasteiger partial charge in [-0.15, -0.1) is 0 Å². The van der Waals surface area contributed by atoms with Crippen LogP contribution in [-0.4, -0.2) is 0 Å². The second-order valence-electron chi connectivity index (χ2n) is 9.43. The van der Waals surface area contributed by atoms with Crippen LogP contribution in [0.25, 0.3) is 54.6 Å². The van der Waals surface area contributed by atoms with E-state index in [1.54, 1.807) is 0 Å². The van der Waals surface area contributed by atoms with Crippen molar-refractivity contribution in [2.45, 2.75) is 13.8 Å². The molecule has 6 aromatic rings. The van der Waals surface area contributed by atoms with E-state index in [0.717, 1.165) is 44.7 Å². The molecule has 0 atom stereocenters. The van der Waals surface area contributed by atoms with Gasteiger partial charge >= 0.3 is 0 Å². The average Bonchev–Trinajstić information content (AvgIpc) is 2.86. The van der Waals surface area contributed by atoms with Gasteiger partial charge in [0.2, 0.25) is 0 Å². The van der Waals surface area contributed by atoms with E-state index >= 15 is 0 Å². The summed E-state index contributed by atoms with van der Waals surface area (Å²) in [5.41, 5.74) is 7.24. The Morgan fingerprint density at radius 3 is 2.03 bits per heavy atom. The fraction of sp³-hybridized carbons (Fsp3) is 0.0625. The lowest BCUT2D eigenvalue weighted by Crippen LogP contribution is -2.05. The van der Waals surface area contributed by atoms with Crippen LogP contribution in [0.5, 0.6) is 23.0 Å². The van der Waals surface area contributed by atoms with Crippen LogP contribution in [0.1, 0.15) is 11.1 Å². The van der Waals surface area contributed by atoms with E-state index in [1.165, 1.54) is 44.0 Å². The highest BCUT2D eigenvalue weighted by Crippen LogP contribution is 2.59.